The van der Waals surface area contributed by atoms with E-state index in [0.717, 1.165) is 0 Å². The van der Waals surface area contributed by atoms with Crippen LogP contribution in [0.3, 0.4) is 0 Å². The minimum Gasteiger partial charge on any atom is -0.374 e. The number of pyridine rings is 1. The molecule has 0 spiro atoms. The lowest BCUT2D eigenvalue weighted by molar-refractivity contribution is -0.388. The standard InChI is InChI=1S/C10H13N3O4S/c14-13(15)10-9(4-1-5-11-10)12-8-3-2-6-18(16,17)7-8/h1,4-5,8,12H,2-3,6-7H2. The number of nitro groups is 1. The van der Waals surface area contributed by atoms with Crippen molar-refractivity contribution in [2.75, 3.05) is 16.8 Å². The van der Waals surface area contributed by atoms with Gasteiger partial charge in [0.2, 0.25) is 0 Å². The quantitative estimate of drug-likeness (QED) is 0.649. The topological polar surface area (TPSA) is 102 Å². The van der Waals surface area contributed by atoms with Crippen LogP contribution in [0.15, 0.2) is 18.3 Å². The first-order valence-electron chi connectivity index (χ1n) is 5.54. The van der Waals surface area contributed by atoms with Crippen LogP contribution in [-0.2, 0) is 9.84 Å². The van der Waals surface area contributed by atoms with E-state index in [1.807, 2.05) is 0 Å². The SMILES string of the molecule is O=[N+]([O-])c1ncccc1NC1CCCS(=O)(=O)C1. The number of hydrogen-bond donors (Lipinski definition) is 1. The molecule has 1 aliphatic heterocycles. The van der Waals surface area contributed by atoms with E-state index in [1.165, 1.54) is 12.3 Å². The highest BCUT2D eigenvalue weighted by Gasteiger charge is 2.26. The Kier molecular flexibility index (Phi) is 3.46. The molecule has 2 rings (SSSR count). The molecule has 0 bridgehead atoms. The maximum absolute atomic E-state index is 11.5. The molecule has 1 aliphatic rings. The predicted octanol–water partition coefficient (Wildman–Crippen LogP) is 0.979. The highest BCUT2D eigenvalue weighted by atomic mass is 32.2. The van der Waals surface area contributed by atoms with Gasteiger partial charge in [-0.25, -0.2) is 8.42 Å². The van der Waals surface area contributed by atoms with Crippen LogP contribution >= 0.6 is 0 Å². The van der Waals surface area contributed by atoms with Crippen molar-refractivity contribution >= 4 is 21.3 Å². The first-order valence-corrected chi connectivity index (χ1v) is 7.36. The molecule has 0 radical (unpaired) electrons. The first kappa shape index (κ1) is 12.7. The number of nitrogens with one attached hydrogen (secondary N) is 1. The Morgan fingerprint density at radius 2 is 2.28 bits per heavy atom. The van der Waals surface area contributed by atoms with E-state index < -0.39 is 14.8 Å². The molecule has 0 aromatic carbocycles. The van der Waals surface area contributed by atoms with Gasteiger partial charge in [0, 0.05) is 6.04 Å². The van der Waals surface area contributed by atoms with Gasteiger partial charge in [0.25, 0.3) is 0 Å². The second-order valence-electron chi connectivity index (χ2n) is 4.23. The van der Waals surface area contributed by atoms with Crippen LogP contribution in [0, 0.1) is 10.1 Å². The average molecular weight is 271 g/mol. The Morgan fingerprint density at radius 3 is 2.94 bits per heavy atom. The van der Waals surface area contributed by atoms with Gasteiger partial charge in [-0.1, -0.05) is 0 Å². The van der Waals surface area contributed by atoms with Crippen molar-refractivity contribution in [2.45, 2.75) is 18.9 Å². The van der Waals surface area contributed by atoms with E-state index in [9.17, 15) is 18.5 Å². The van der Waals surface area contributed by atoms with Crippen LogP contribution in [0.4, 0.5) is 11.5 Å². The molecule has 18 heavy (non-hydrogen) atoms. The summed E-state index contributed by atoms with van der Waals surface area (Å²) >= 11 is 0. The van der Waals surface area contributed by atoms with E-state index in [1.54, 1.807) is 6.07 Å². The van der Waals surface area contributed by atoms with Gasteiger partial charge in [0.1, 0.15) is 11.9 Å². The zero-order valence-corrected chi connectivity index (χ0v) is 10.4. The second kappa shape index (κ2) is 4.89. The number of sulfone groups is 1. The molecule has 7 nitrogen and oxygen atoms in total. The van der Waals surface area contributed by atoms with Crippen molar-refractivity contribution in [3.8, 4) is 0 Å². The fourth-order valence-corrected chi connectivity index (χ4v) is 3.65. The van der Waals surface area contributed by atoms with Crippen LogP contribution in [0.2, 0.25) is 0 Å². The van der Waals surface area contributed by atoms with E-state index in [2.05, 4.69) is 10.3 Å². The minimum atomic E-state index is -3.04. The van der Waals surface area contributed by atoms with Gasteiger partial charge in [0.15, 0.2) is 9.84 Å². The zero-order chi connectivity index (χ0) is 13.2. The average Bonchev–Trinajstić information content (AvgIpc) is 2.28. The van der Waals surface area contributed by atoms with Crippen molar-refractivity contribution in [1.82, 2.24) is 4.98 Å². The van der Waals surface area contributed by atoms with Crippen LogP contribution in [0.1, 0.15) is 12.8 Å². The third-order valence-corrected chi connectivity index (χ3v) is 4.60. The Labute approximate surface area is 104 Å². The van der Waals surface area contributed by atoms with Gasteiger partial charge in [-0.3, -0.25) is 0 Å². The molecule has 0 aliphatic carbocycles. The summed E-state index contributed by atoms with van der Waals surface area (Å²) < 4.78 is 23.0. The van der Waals surface area contributed by atoms with Crippen LogP contribution < -0.4 is 5.32 Å². The lowest BCUT2D eigenvalue weighted by Gasteiger charge is -2.23. The summed E-state index contributed by atoms with van der Waals surface area (Å²) in [6.07, 6.45) is 2.60. The van der Waals surface area contributed by atoms with Gasteiger partial charge in [-0.05, 0) is 34.9 Å². The largest absolute Gasteiger partial charge is 0.386 e. The third-order valence-electron chi connectivity index (χ3n) is 2.78. The van der Waals surface area contributed by atoms with Gasteiger partial charge in [0.05, 0.1) is 11.5 Å². The van der Waals surface area contributed by atoms with E-state index >= 15 is 0 Å². The molecule has 1 unspecified atom stereocenters. The lowest BCUT2D eigenvalue weighted by Crippen LogP contribution is -2.35. The van der Waals surface area contributed by atoms with E-state index in [0.29, 0.717) is 12.8 Å². The number of aromatic nitrogens is 1. The predicted molar refractivity (Wildman–Crippen MR) is 66.2 cm³/mol. The lowest BCUT2D eigenvalue weighted by atomic mass is 10.2. The van der Waals surface area contributed by atoms with Crippen molar-refractivity contribution in [1.29, 1.82) is 0 Å². The number of hydrogen-bond acceptors (Lipinski definition) is 6. The number of nitrogens with zero attached hydrogens (tertiary/aromatic N) is 2. The summed E-state index contributed by atoms with van der Waals surface area (Å²) in [6, 6.07) is 2.82. The second-order valence-corrected chi connectivity index (χ2v) is 6.46. The number of rotatable bonds is 3. The molecule has 1 atom stereocenters. The summed E-state index contributed by atoms with van der Waals surface area (Å²) in [5.41, 5.74) is 0.268. The molecule has 8 heteroatoms. The molecule has 1 aromatic heterocycles. The van der Waals surface area contributed by atoms with E-state index in [-0.39, 0.29) is 29.1 Å². The summed E-state index contributed by atoms with van der Waals surface area (Å²) in [6.45, 7) is 0. The van der Waals surface area contributed by atoms with Crippen molar-refractivity contribution in [3.63, 3.8) is 0 Å². The first-order chi connectivity index (χ1) is 8.48. The van der Waals surface area contributed by atoms with Gasteiger partial charge < -0.3 is 15.4 Å². The van der Waals surface area contributed by atoms with Crippen LogP contribution in [0.25, 0.3) is 0 Å². The molecule has 1 fully saturated rings. The molecule has 1 saturated heterocycles. The highest BCUT2D eigenvalue weighted by molar-refractivity contribution is 7.91. The maximum Gasteiger partial charge on any atom is 0.386 e. The summed E-state index contributed by atoms with van der Waals surface area (Å²) in [5, 5.41) is 13.7. The highest BCUT2D eigenvalue weighted by Crippen LogP contribution is 2.23. The van der Waals surface area contributed by atoms with Crippen LogP contribution in [0.5, 0.6) is 0 Å². The summed E-state index contributed by atoms with van der Waals surface area (Å²) in [4.78, 5) is 13.9. The molecule has 1 N–H and O–H groups in total. The molecule has 1 aromatic rings. The molecular weight excluding hydrogens is 258 g/mol. The third kappa shape index (κ3) is 2.95. The molecular formula is C10H13N3O4S. The van der Waals surface area contributed by atoms with Crippen molar-refractivity contribution in [2.24, 2.45) is 0 Å². The smallest absolute Gasteiger partial charge is 0.374 e. The van der Waals surface area contributed by atoms with Crippen LogP contribution in [-0.4, -0.2) is 35.9 Å². The fourth-order valence-electron chi connectivity index (χ4n) is 2.01. The van der Waals surface area contributed by atoms with Crippen molar-refractivity contribution < 1.29 is 13.3 Å². The Balaban J connectivity index is 2.17. The molecule has 0 saturated carbocycles. The Morgan fingerprint density at radius 1 is 1.50 bits per heavy atom. The zero-order valence-electron chi connectivity index (χ0n) is 9.57. The molecule has 0 amide bonds. The Hall–Kier alpha value is -1.70. The van der Waals surface area contributed by atoms with Gasteiger partial charge in [-0.15, -0.1) is 0 Å². The molecule has 2 heterocycles. The minimum absolute atomic E-state index is 0.0129. The Bertz CT molecular complexity index is 558. The van der Waals surface area contributed by atoms with Crippen molar-refractivity contribution in [3.05, 3.63) is 28.4 Å². The van der Waals surface area contributed by atoms with Gasteiger partial charge in [-0.2, -0.15) is 0 Å². The van der Waals surface area contributed by atoms with Gasteiger partial charge >= 0.3 is 5.82 Å². The maximum atomic E-state index is 11.5. The normalized spacial score (nSPS) is 22.3. The summed E-state index contributed by atoms with van der Waals surface area (Å²) in [5.74, 6) is -0.0696. The summed E-state index contributed by atoms with van der Waals surface area (Å²) in [7, 11) is -3.04. The fraction of sp³-hybridized carbons (Fsp3) is 0.500. The monoisotopic (exact) mass is 271 g/mol. The number of anilines is 1. The van der Waals surface area contributed by atoms with E-state index in [4.69, 9.17) is 0 Å². The molecule has 98 valence electrons.